The molecule has 0 unspecified atom stereocenters. The summed E-state index contributed by atoms with van der Waals surface area (Å²) < 4.78 is 0. The molecule has 2 aromatic heterocycles. The fourth-order valence-electron chi connectivity index (χ4n) is 6.21. The molecule has 0 aliphatic heterocycles. The van der Waals surface area contributed by atoms with E-state index in [0.29, 0.717) is 5.82 Å². The second-order valence-electron chi connectivity index (χ2n) is 11.2. The van der Waals surface area contributed by atoms with Gasteiger partial charge in [0.15, 0.2) is 5.82 Å². The standard InChI is InChI=1S/C40H25N5/c1-3-9-26(10-4-1)27-15-20-30(21-16-27)38-33-13-7-8-14-35(33)41-40(42-38)31-22-18-28-17-19-29-23-24-36-39(37(29)34(28)25-31)44-45(43-36)32-11-5-2-6-12-32/h1-25H. The minimum Gasteiger partial charge on any atom is -0.228 e. The van der Waals surface area contributed by atoms with Crippen LogP contribution in [0.3, 0.4) is 0 Å². The molecule has 0 spiro atoms. The van der Waals surface area contributed by atoms with Gasteiger partial charge in [-0.25, -0.2) is 9.97 Å². The molecule has 210 valence electrons. The van der Waals surface area contributed by atoms with Gasteiger partial charge in [-0.05, 0) is 57.6 Å². The SMILES string of the molecule is c1ccc(-c2ccc(-c3nc(-c4ccc5ccc6ccc7nn(-c8ccccc8)nc7c6c5c4)nc4ccccc34)cc2)cc1. The molecular formula is C40H25N5. The zero-order valence-electron chi connectivity index (χ0n) is 24.2. The molecule has 0 saturated carbocycles. The van der Waals surface area contributed by atoms with E-state index in [9.17, 15) is 0 Å². The van der Waals surface area contributed by atoms with Crippen LogP contribution in [0.5, 0.6) is 0 Å². The molecule has 0 saturated heterocycles. The summed E-state index contributed by atoms with van der Waals surface area (Å²) >= 11 is 0. The quantitative estimate of drug-likeness (QED) is 0.196. The summed E-state index contributed by atoms with van der Waals surface area (Å²) in [5, 5.41) is 15.2. The van der Waals surface area contributed by atoms with Gasteiger partial charge in [-0.15, -0.1) is 10.2 Å². The van der Waals surface area contributed by atoms with Crippen LogP contribution in [0, 0.1) is 0 Å². The molecule has 9 aromatic rings. The van der Waals surface area contributed by atoms with Crippen molar-refractivity contribution in [3.05, 3.63) is 152 Å². The molecule has 9 rings (SSSR count). The molecule has 0 aliphatic carbocycles. The highest BCUT2D eigenvalue weighted by atomic mass is 15.5. The van der Waals surface area contributed by atoms with Gasteiger partial charge in [-0.1, -0.05) is 121 Å². The van der Waals surface area contributed by atoms with E-state index in [1.165, 1.54) is 11.1 Å². The first kappa shape index (κ1) is 25.3. The number of benzene rings is 7. The summed E-state index contributed by atoms with van der Waals surface area (Å²) in [6, 6.07) is 52.3. The zero-order valence-corrected chi connectivity index (χ0v) is 24.2. The lowest BCUT2D eigenvalue weighted by Gasteiger charge is -2.11. The van der Waals surface area contributed by atoms with Gasteiger partial charge in [-0.3, -0.25) is 0 Å². The zero-order chi connectivity index (χ0) is 29.7. The Morgan fingerprint density at radius 2 is 1.07 bits per heavy atom. The third-order valence-corrected chi connectivity index (χ3v) is 8.47. The van der Waals surface area contributed by atoms with E-state index in [2.05, 4.69) is 97.1 Å². The lowest BCUT2D eigenvalue weighted by molar-refractivity contribution is 0.766. The molecule has 0 radical (unpaired) electrons. The van der Waals surface area contributed by atoms with E-state index in [1.807, 2.05) is 54.6 Å². The Labute approximate surface area is 259 Å². The van der Waals surface area contributed by atoms with Crippen LogP contribution in [0.15, 0.2) is 152 Å². The van der Waals surface area contributed by atoms with Crippen molar-refractivity contribution >= 4 is 43.5 Å². The van der Waals surface area contributed by atoms with Crippen LogP contribution in [-0.2, 0) is 0 Å². The number of para-hydroxylation sites is 2. The Bertz CT molecular complexity index is 2520. The van der Waals surface area contributed by atoms with Gasteiger partial charge in [0.1, 0.15) is 11.0 Å². The van der Waals surface area contributed by atoms with Crippen molar-refractivity contribution in [3.63, 3.8) is 0 Å². The van der Waals surface area contributed by atoms with Crippen LogP contribution in [0.1, 0.15) is 0 Å². The Morgan fingerprint density at radius 3 is 1.91 bits per heavy atom. The molecule has 0 N–H and O–H groups in total. The van der Waals surface area contributed by atoms with Crippen LogP contribution < -0.4 is 0 Å². The molecule has 0 aliphatic rings. The minimum absolute atomic E-state index is 0.690. The van der Waals surface area contributed by atoms with Crippen molar-refractivity contribution in [1.29, 1.82) is 0 Å². The topological polar surface area (TPSA) is 56.5 Å². The van der Waals surface area contributed by atoms with E-state index < -0.39 is 0 Å². The first-order valence-electron chi connectivity index (χ1n) is 15.0. The molecule has 0 atom stereocenters. The largest absolute Gasteiger partial charge is 0.228 e. The monoisotopic (exact) mass is 575 g/mol. The number of rotatable bonds is 4. The van der Waals surface area contributed by atoms with Gasteiger partial charge in [0.2, 0.25) is 0 Å². The summed E-state index contributed by atoms with van der Waals surface area (Å²) in [5.41, 5.74) is 8.86. The first-order valence-corrected chi connectivity index (χ1v) is 15.0. The Balaban J connectivity index is 1.22. The van der Waals surface area contributed by atoms with Gasteiger partial charge in [-0.2, -0.15) is 4.80 Å². The number of fused-ring (bicyclic) bond motifs is 6. The third kappa shape index (κ3) is 4.33. The maximum atomic E-state index is 5.19. The average Bonchev–Trinajstić information content (AvgIpc) is 3.56. The van der Waals surface area contributed by atoms with Crippen LogP contribution in [-0.4, -0.2) is 25.0 Å². The number of aromatic nitrogens is 5. The maximum Gasteiger partial charge on any atom is 0.160 e. The second-order valence-corrected chi connectivity index (χ2v) is 11.2. The molecule has 2 heterocycles. The molecule has 5 heteroatoms. The smallest absolute Gasteiger partial charge is 0.160 e. The normalized spacial score (nSPS) is 11.6. The van der Waals surface area contributed by atoms with Crippen molar-refractivity contribution in [1.82, 2.24) is 25.0 Å². The van der Waals surface area contributed by atoms with Gasteiger partial charge in [0, 0.05) is 21.9 Å². The van der Waals surface area contributed by atoms with Gasteiger partial charge < -0.3 is 0 Å². The van der Waals surface area contributed by atoms with Gasteiger partial charge in [0.05, 0.1) is 16.9 Å². The molecule has 0 amide bonds. The highest BCUT2D eigenvalue weighted by Gasteiger charge is 2.15. The van der Waals surface area contributed by atoms with Crippen LogP contribution in [0.25, 0.3) is 82.9 Å². The summed E-state index contributed by atoms with van der Waals surface area (Å²) in [6.07, 6.45) is 0. The van der Waals surface area contributed by atoms with Crippen LogP contribution in [0.2, 0.25) is 0 Å². The van der Waals surface area contributed by atoms with Crippen molar-refractivity contribution in [2.45, 2.75) is 0 Å². The average molecular weight is 576 g/mol. The van der Waals surface area contributed by atoms with Crippen molar-refractivity contribution < 1.29 is 0 Å². The van der Waals surface area contributed by atoms with Crippen LogP contribution in [0.4, 0.5) is 0 Å². The van der Waals surface area contributed by atoms with Crippen molar-refractivity contribution in [3.8, 4) is 39.5 Å². The maximum absolute atomic E-state index is 5.19. The van der Waals surface area contributed by atoms with Crippen molar-refractivity contribution in [2.75, 3.05) is 0 Å². The molecule has 0 bridgehead atoms. The van der Waals surface area contributed by atoms with Crippen molar-refractivity contribution in [2.24, 2.45) is 0 Å². The van der Waals surface area contributed by atoms with Crippen LogP contribution >= 0.6 is 0 Å². The predicted octanol–water partition coefficient (Wildman–Crippen LogP) is 9.67. The van der Waals surface area contributed by atoms with Gasteiger partial charge >= 0.3 is 0 Å². The number of hydrogen-bond donors (Lipinski definition) is 0. The van der Waals surface area contributed by atoms with E-state index in [4.69, 9.17) is 20.2 Å². The summed E-state index contributed by atoms with van der Waals surface area (Å²) in [5.74, 6) is 0.690. The van der Waals surface area contributed by atoms with Gasteiger partial charge in [0.25, 0.3) is 0 Å². The third-order valence-electron chi connectivity index (χ3n) is 8.47. The second kappa shape index (κ2) is 10.2. The molecule has 0 fully saturated rings. The molecular weight excluding hydrogens is 550 g/mol. The number of nitrogens with zero attached hydrogens (tertiary/aromatic N) is 5. The van der Waals surface area contributed by atoms with E-state index in [-0.39, 0.29) is 0 Å². The van der Waals surface area contributed by atoms with E-state index in [1.54, 1.807) is 4.80 Å². The fraction of sp³-hybridized carbons (Fsp3) is 0. The first-order chi connectivity index (χ1) is 22.3. The highest BCUT2D eigenvalue weighted by Crippen LogP contribution is 2.35. The summed E-state index contributed by atoms with van der Waals surface area (Å²) in [6.45, 7) is 0. The minimum atomic E-state index is 0.690. The Morgan fingerprint density at radius 1 is 0.422 bits per heavy atom. The predicted molar refractivity (Wildman–Crippen MR) is 183 cm³/mol. The summed E-state index contributed by atoms with van der Waals surface area (Å²) in [7, 11) is 0. The van der Waals surface area contributed by atoms with E-state index in [0.717, 1.165) is 66.0 Å². The fourth-order valence-corrected chi connectivity index (χ4v) is 6.21. The lowest BCUT2D eigenvalue weighted by Crippen LogP contribution is -1.97. The Kier molecular flexibility index (Phi) is 5.74. The summed E-state index contributed by atoms with van der Waals surface area (Å²) in [4.78, 5) is 12.0. The highest BCUT2D eigenvalue weighted by molar-refractivity contribution is 6.18. The molecule has 45 heavy (non-hydrogen) atoms. The Hall–Kier alpha value is -6.20. The molecule has 7 aromatic carbocycles. The lowest BCUT2D eigenvalue weighted by atomic mass is 9.98. The molecule has 5 nitrogen and oxygen atoms in total. The van der Waals surface area contributed by atoms with E-state index >= 15 is 0 Å². The number of hydrogen-bond acceptors (Lipinski definition) is 4.